The van der Waals surface area contributed by atoms with E-state index < -0.39 is 0 Å². The molecule has 1 atom stereocenters. The van der Waals surface area contributed by atoms with E-state index in [0.717, 1.165) is 44.0 Å². The smallest absolute Gasteiger partial charge is 0.131 e. The first-order valence-electron chi connectivity index (χ1n) is 6.24. The first kappa shape index (κ1) is 13.7. The molecule has 0 aliphatic rings. The number of aliphatic hydroxyl groups is 1. The number of rotatable bonds is 8. The minimum absolute atomic E-state index is 0.234. The van der Waals surface area contributed by atoms with Crippen LogP contribution in [0.15, 0.2) is 12.4 Å². The summed E-state index contributed by atoms with van der Waals surface area (Å²) >= 11 is 0. The minimum Gasteiger partial charge on any atom is -0.393 e. The Balaban J connectivity index is 2.37. The standard InChI is InChI=1S/C12H22N4O/c1-3-6-13-11-8-12(16-9-15-11)14-7-5-10(17)4-2/h8-10,17H,3-7H2,1-2H3,(H2,13,14,15,16). The van der Waals surface area contributed by atoms with E-state index in [9.17, 15) is 5.11 Å². The highest BCUT2D eigenvalue weighted by Gasteiger charge is 2.01. The molecule has 1 unspecified atom stereocenters. The summed E-state index contributed by atoms with van der Waals surface area (Å²) in [5, 5.41) is 15.8. The van der Waals surface area contributed by atoms with E-state index >= 15 is 0 Å². The van der Waals surface area contributed by atoms with Gasteiger partial charge >= 0.3 is 0 Å². The molecule has 0 aromatic carbocycles. The van der Waals surface area contributed by atoms with Gasteiger partial charge in [-0.2, -0.15) is 0 Å². The quantitative estimate of drug-likeness (QED) is 0.645. The number of aromatic nitrogens is 2. The van der Waals surface area contributed by atoms with Gasteiger partial charge in [0.05, 0.1) is 6.10 Å². The van der Waals surface area contributed by atoms with Crippen molar-refractivity contribution in [2.24, 2.45) is 0 Å². The lowest BCUT2D eigenvalue weighted by atomic mass is 10.2. The van der Waals surface area contributed by atoms with Crippen molar-refractivity contribution in [1.82, 2.24) is 9.97 Å². The zero-order chi connectivity index (χ0) is 12.5. The second-order valence-corrected chi connectivity index (χ2v) is 3.99. The molecule has 0 aliphatic carbocycles. The third kappa shape index (κ3) is 5.49. The molecule has 1 heterocycles. The fraction of sp³-hybridized carbons (Fsp3) is 0.667. The van der Waals surface area contributed by atoms with Crippen LogP contribution in [0.4, 0.5) is 11.6 Å². The fourth-order valence-corrected chi connectivity index (χ4v) is 1.37. The van der Waals surface area contributed by atoms with Gasteiger partial charge in [-0.1, -0.05) is 13.8 Å². The Morgan fingerprint density at radius 1 is 1.18 bits per heavy atom. The molecule has 0 fully saturated rings. The summed E-state index contributed by atoms with van der Waals surface area (Å²) in [6, 6.07) is 1.88. The molecular formula is C12H22N4O. The van der Waals surface area contributed by atoms with Crippen molar-refractivity contribution >= 4 is 11.6 Å². The average Bonchev–Trinajstić information content (AvgIpc) is 2.36. The predicted octanol–water partition coefficient (Wildman–Crippen LogP) is 1.87. The van der Waals surface area contributed by atoms with E-state index in [1.165, 1.54) is 6.33 Å². The Morgan fingerprint density at radius 2 is 1.82 bits per heavy atom. The highest BCUT2D eigenvalue weighted by Crippen LogP contribution is 2.08. The maximum Gasteiger partial charge on any atom is 0.131 e. The van der Waals surface area contributed by atoms with Crippen LogP contribution in [-0.4, -0.2) is 34.3 Å². The number of nitrogens with zero attached hydrogens (tertiary/aromatic N) is 2. The van der Waals surface area contributed by atoms with Crippen LogP contribution in [0.3, 0.4) is 0 Å². The number of anilines is 2. The maximum atomic E-state index is 9.42. The second kappa shape index (κ2) is 7.84. The topological polar surface area (TPSA) is 70.1 Å². The highest BCUT2D eigenvalue weighted by molar-refractivity contribution is 5.46. The van der Waals surface area contributed by atoms with E-state index in [0.29, 0.717) is 0 Å². The van der Waals surface area contributed by atoms with Gasteiger partial charge in [-0.3, -0.25) is 0 Å². The van der Waals surface area contributed by atoms with Crippen molar-refractivity contribution in [2.75, 3.05) is 23.7 Å². The van der Waals surface area contributed by atoms with E-state index in [-0.39, 0.29) is 6.10 Å². The largest absolute Gasteiger partial charge is 0.393 e. The van der Waals surface area contributed by atoms with Crippen LogP contribution in [0.5, 0.6) is 0 Å². The first-order valence-corrected chi connectivity index (χ1v) is 6.24. The molecule has 1 aromatic heterocycles. The third-order valence-electron chi connectivity index (χ3n) is 2.48. The zero-order valence-corrected chi connectivity index (χ0v) is 10.6. The van der Waals surface area contributed by atoms with E-state index in [1.807, 2.05) is 13.0 Å². The van der Waals surface area contributed by atoms with Crippen molar-refractivity contribution < 1.29 is 5.11 Å². The van der Waals surface area contributed by atoms with Gasteiger partial charge in [-0.05, 0) is 19.3 Å². The molecule has 0 bridgehead atoms. The van der Waals surface area contributed by atoms with E-state index in [2.05, 4.69) is 27.5 Å². The van der Waals surface area contributed by atoms with Gasteiger partial charge < -0.3 is 15.7 Å². The molecule has 0 spiro atoms. The number of nitrogens with one attached hydrogen (secondary N) is 2. The molecule has 0 saturated heterocycles. The summed E-state index contributed by atoms with van der Waals surface area (Å²) in [5.74, 6) is 1.63. The molecule has 0 aliphatic heterocycles. The summed E-state index contributed by atoms with van der Waals surface area (Å²) in [6.45, 7) is 5.71. The molecule has 17 heavy (non-hydrogen) atoms. The molecule has 0 radical (unpaired) electrons. The van der Waals surface area contributed by atoms with Crippen LogP contribution < -0.4 is 10.6 Å². The number of hydrogen-bond donors (Lipinski definition) is 3. The Hall–Kier alpha value is -1.36. The summed E-state index contributed by atoms with van der Waals surface area (Å²) in [4.78, 5) is 8.25. The molecule has 0 saturated carbocycles. The fourth-order valence-electron chi connectivity index (χ4n) is 1.37. The average molecular weight is 238 g/mol. The molecule has 3 N–H and O–H groups in total. The molecule has 5 nitrogen and oxygen atoms in total. The first-order chi connectivity index (χ1) is 8.26. The van der Waals surface area contributed by atoms with Crippen LogP contribution in [0, 0.1) is 0 Å². The van der Waals surface area contributed by atoms with Crippen molar-refractivity contribution in [3.63, 3.8) is 0 Å². The highest BCUT2D eigenvalue weighted by atomic mass is 16.3. The zero-order valence-electron chi connectivity index (χ0n) is 10.6. The molecule has 1 aromatic rings. The van der Waals surface area contributed by atoms with Crippen LogP contribution in [0.1, 0.15) is 33.1 Å². The monoisotopic (exact) mass is 238 g/mol. The molecule has 5 heteroatoms. The van der Waals surface area contributed by atoms with Gasteiger partial charge in [-0.15, -0.1) is 0 Å². The van der Waals surface area contributed by atoms with E-state index in [4.69, 9.17) is 0 Å². The van der Waals surface area contributed by atoms with Crippen molar-refractivity contribution in [2.45, 2.75) is 39.2 Å². The van der Waals surface area contributed by atoms with Gasteiger partial charge in [0.15, 0.2) is 0 Å². The Bertz CT molecular complexity index is 319. The summed E-state index contributed by atoms with van der Waals surface area (Å²) < 4.78 is 0. The van der Waals surface area contributed by atoms with Gasteiger partial charge in [-0.25, -0.2) is 9.97 Å². The summed E-state index contributed by atoms with van der Waals surface area (Å²) in [6.07, 6.45) is 3.89. The normalized spacial score (nSPS) is 12.2. The van der Waals surface area contributed by atoms with Gasteiger partial charge in [0.25, 0.3) is 0 Å². The van der Waals surface area contributed by atoms with E-state index in [1.54, 1.807) is 0 Å². The molecule has 1 rings (SSSR count). The Kier molecular flexibility index (Phi) is 6.32. The van der Waals surface area contributed by atoms with Gasteiger partial charge in [0, 0.05) is 19.2 Å². The lowest BCUT2D eigenvalue weighted by Gasteiger charge is -2.10. The van der Waals surface area contributed by atoms with Crippen LogP contribution in [-0.2, 0) is 0 Å². The van der Waals surface area contributed by atoms with Crippen molar-refractivity contribution in [3.05, 3.63) is 12.4 Å². The maximum absolute atomic E-state index is 9.42. The summed E-state index contributed by atoms with van der Waals surface area (Å²) in [5.41, 5.74) is 0. The number of aliphatic hydroxyl groups excluding tert-OH is 1. The third-order valence-corrected chi connectivity index (χ3v) is 2.48. The Morgan fingerprint density at radius 3 is 2.41 bits per heavy atom. The minimum atomic E-state index is -0.234. The van der Waals surface area contributed by atoms with Gasteiger partial charge in [0.1, 0.15) is 18.0 Å². The summed E-state index contributed by atoms with van der Waals surface area (Å²) in [7, 11) is 0. The van der Waals surface area contributed by atoms with Crippen molar-refractivity contribution in [3.8, 4) is 0 Å². The predicted molar refractivity (Wildman–Crippen MR) is 70.2 cm³/mol. The lowest BCUT2D eigenvalue weighted by molar-refractivity contribution is 0.164. The Labute approximate surface area is 103 Å². The van der Waals surface area contributed by atoms with Crippen LogP contribution in [0.2, 0.25) is 0 Å². The van der Waals surface area contributed by atoms with Gasteiger partial charge in [0.2, 0.25) is 0 Å². The molecule has 96 valence electrons. The van der Waals surface area contributed by atoms with Crippen LogP contribution >= 0.6 is 0 Å². The van der Waals surface area contributed by atoms with Crippen LogP contribution in [0.25, 0.3) is 0 Å². The molecular weight excluding hydrogens is 216 g/mol. The lowest BCUT2D eigenvalue weighted by Crippen LogP contribution is -2.13. The van der Waals surface area contributed by atoms with Crippen molar-refractivity contribution in [1.29, 1.82) is 0 Å². The molecule has 0 amide bonds. The SMILES string of the molecule is CCCNc1cc(NCCC(O)CC)ncn1. The number of hydrogen-bond acceptors (Lipinski definition) is 5. The second-order valence-electron chi connectivity index (χ2n) is 3.99.